The molecule has 0 fully saturated rings. The van der Waals surface area contributed by atoms with Crippen molar-refractivity contribution in [3.05, 3.63) is 30.5 Å². The third-order valence-electron chi connectivity index (χ3n) is 2.10. The fourth-order valence-electron chi connectivity index (χ4n) is 1.39. The van der Waals surface area contributed by atoms with Crippen molar-refractivity contribution in [1.82, 2.24) is 4.98 Å². The number of alkyl halides is 3. The molecule has 0 saturated heterocycles. The zero-order chi connectivity index (χ0) is 11.8. The van der Waals surface area contributed by atoms with E-state index < -0.39 is 12.1 Å². The van der Waals surface area contributed by atoms with E-state index in [0.29, 0.717) is 10.9 Å². The average Bonchev–Trinajstić information content (AvgIpc) is 2.65. The van der Waals surface area contributed by atoms with E-state index in [2.05, 4.69) is 4.98 Å². The maximum atomic E-state index is 12.0. The third-order valence-corrected chi connectivity index (χ3v) is 2.10. The van der Waals surface area contributed by atoms with E-state index in [0.717, 1.165) is 0 Å². The molecule has 1 aromatic carbocycles. The fraction of sp³-hybridized carbons (Fsp3) is 0.100. The molecule has 0 aliphatic carbocycles. The smallest absolute Gasteiger partial charge is 0.361 e. The molecule has 1 aromatic heterocycles. The van der Waals surface area contributed by atoms with Gasteiger partial charge in [0, 0.05) is 17.1 Å². The normalized spacial score (nSPS) is 11.7. The first-order valence-corrected chi connectivity index (χ1v) is 4.43. The van der Waals surface area contributed by atoms with E-state index in [1.807, 2.05) is 5.32 Å². The molecule has 2 N–H and O–H groups in total. The number of nitrogens with one attached hydrogen (secondary N) is 2. The molecule has 2 rings (SSSR count). The van der Waals surface area contributed by atoms with Crippen molar-refractivity contribution in [3.63, 3.8) is 0 Å². The Bertz CT molecular complexity index is 530. The second-order valence-corrected chi connectivity index (χ2v) is 3.20. The summed E-state index contributed by atoms with van der Waals surface area (Å²) in [4.78, 5) is 13.6. The summed E-state index contributed by atoms with van der Waals surface area (Å²) in [5.41, 5.74) is 0.807. The predicted octanol–water partition coefficient (Wildman–Crippen LogP) is 2.67. The lowest BCUT2D eigenvalue weighted by atomic mass is 10.2. The Hall–Kier alpha value is -1.98. The Morgan fingerprint density at radius 3 is 2.69 bits per heavy atom. The summed E-state index contributed by atoms with van der Waals surface area (Å²) in [6.45, 7) is 0. The van der Waals surface area contributed by atoms with Gasteiger partial charge in [-0.15, -0.1) is 0 Å². The number of anilines is 1. The van der Waals surface area contributed by atoms with Gasteiger partial charge in [-0.1, -0.05) is 6.07 Å². The second-order valence-electron chi connectivity index (χ2n) is 3.20. The lowest BCUT2D eigenvalue weighted by Gasteiger charge is -2.08. The summed E-state index contributed by atoms with van der Waals surface area (Å²) in [6.07, 6.45) is -3.29. The second kappa shape index (κ2) is 3.55. The van der Waals surface area contributed by atoms with Crippen LogP contribution in [-0.4, -0.2) is 17.1 Å². The lowest BCUT2D eigenvalue weighted by Crippen LogP contribution is -2.29. The van der Waals surface area contributed by atoms with Crippen LogP contribution in [0.4, 0.5) is 18.9 Å². The van der Waals surface area contributed by atoms with Crippen molar-refractivity contribution >= 4 is 22.5 Å². The molecule has 0 spiro atoms. The molecule has 2 aromatic rings. The van der Waals surface area contributed by atoms with Crippen molar-refractivity contribution in [1.29, 1.82) is 0 Å². The van der Waals surface area contributed by atoms with Crippen molar-refractivity contribution in [2.75, 3.05) is 5.32 Å². The molecule has 84 valence electrons. The number of aromatic amines is 1. The molecule has 6 heteroatoms. The predicted molar refractivity (Wildman–Crippen MR) is 53.0 cm³/mol. The molecule has 3 nitrogen and oxygen atoms in total. The van der Waals surface area contributed by atoms with Crippen molar-refractivity contribution < 1.29 is 18.0 Å². The number of benzene rings is 1. The zero-order valence-electron chi connectivity index (χ0n) is 7.93. The SMILES string of the molecule is O=C(Nc1cccc2[nH]ccc12)C(F)(F)F. The molecule has 0 unspecified atom stereocenters. The minimum atomic E-state index is -4.88. The quantitative estimate of drug-likeness (QED) is 0.774. The molecule has 1 amide bonds. The number of aromatic nitrogens is 1. The Balaban J connectivity index is 2.35. The van der Waals surface area contributed by atoms with E-state index in [4.69, 9.17) is 0 Å². The standard InChI is InChI=1S/C10H7F3N2O/c11-10(12,13)9(16)15-8-3-1-2-7-6(8)4-5-14-7/h1-5,14H,(H,15,16). The first-order valence-electron chi connectivity index (χ1n) is 4.43. The maximum Gasteiger partial charge on any atom is 0.471 e. The van der Waals surface area contributed by atoms with Crippen molar-refractivity contribution in [2.24, 2.45) is 0 Å². The monoisotopic (exact) mass is 228 g/mol. The van der Waals surface area contributed by atoms with Crippen LogP contribution in [0.2, 0.25) is 0 Å². The molecule has 16 heavy (non-hydrogen) atoms. The average molecular weight is 228 g/mol. The number of fused-ring (bicyclic) bond motifs is 1. The van der Waals surface area contributed by atoms with Gasteiger partial charge in [0.1, 0.15) is 0 Å². The van der Waals surface area contributed by atoms with E-state index in [1.165, 1.54) is 6.07 Å². The Morgan fingerprint density at radius 1 is 1.25 bits per heavy atom. The highest BCUT2D eigenvalue weighted by Crippen LogP contribution is 2.24. The van der Waals surface area contributed by atoms with Gasteiger partial charge >= 0.3 is 12.1 Å². The van der Waals surface area contributed by atoms with Gasteiger partial charge in [0.2, 0.25) is 0 Å². The topological polar surface area (TPSA) is 44.9 Å². The van der Waals surface area contributed by atoms with Crippen LogP contribution >= 0.6 is 0 Å². The number of hydrogen-bond donors (Lipinski definition) is 2. The number of rotatable bonds is 1. The summed E-state index contributed by atoms with van der Waals surface area (Å²) in [7, 11) is 0. The third kappa shape index (κ3) is 1.86. The van der Waals surface area contributed by atoms with Crippen molar-refractivity contribution in [2.45, 2.75) is 6.18 Å². The number of halogens is 3. The molecule has 0 saturated carbocycles. The Kier molecular flexibility index (Phi) is 2.34. The summed E-state index contributed by atoms with van der Waals surface area (Å²) in [5, 5.41) is 2.37. The first kappa shape index (κ1) is 10.5. The fourth-order valence-corrected chi connectivity index (χ4v) is 1.39. The minimum absolute atomic E-state index is 0.140. The van der Waals surface area contributed by atoms with Gasteiger partial charge in [-0.25, -0.2) is 0 Å². The van der Waals surface area contributed by atoms with Gasteiger partial charge in [-0.3, -0.25) is 4.79 Å². The summed E-state index contributed by atoms with van der Waals surface area (Å²) in [6, 6.07) is 6.28. The number of carbonyl (C=O) groups is 1. The van der Waals surface area contributed by atoms with Gasteiger partial charge in [0.25, 0.3) is 0 Å². The summed E-state index contributed by atoms with van der Waals surface area (Å²) >= 11 is 0. The molecule has 0 bridgehead atoms. The Morgan fingerprint density at radius 2 is 2.00 bits per heavy atom. The molecule has 0 radical (unpaired) electrons. The van der Waals surface area contributed by atoms with Crippen LogP contribution in [0.15, 0.2) is 30.5 Å². The van der Waals surface area contributed by atoms with Crippen LogP contribution in [0.3, 0.4) is 0 Å². The minimum Gasteiger partial charge on any atom is -0.361 e. The molecular formula is C10H7F3N2O. The number of H-pyrrole nitrogens is 1. The van der Waals surface area contributed by atoms with E-state index in [9.17, 15) is 18.0 Å². The van der Waals surface area contributed by atoms with Gasteiger partial charge < -0.3 is 10.3 Å². The van der Waals surface area contributed by atoms with E-state index in [-0.39, 0.29) is 5.69 Å². The van der Waals surface area contributed by atoms with Crippen LogP contribution in [-0.2, 0) is 4.79 Å². The first-order chi connectivity index (χ1) is 7.48. The number of hydrogen-bond acceptors (Lipinski definition) is 1. The number of carbonyl (C=O) groups excluding carboxylic acids is 1. The van der Waals surface area contributed by atoms with Gasteiger partial charge in [-0.2, -0.15) is 13.2 Å². The summed E-state index contributed by atoms with van der Waals surface area (Å²) < 4.78 is 36.1. The molecular weight excluding hydrogens is 221 g/mol. The Labute approximate surface area is 88.3 Å². The van der Waals surface area contributed by atoms with E-state index >= 15 is 0 Å². The van der Waals surface area contributed by atoms with Crippen molar-refractivity contribution in [3.8, 4) is 0 Å². The molecule has 0 atom stereocenters. The van der Waals surface area contributed by atoms with Gasteiger partial charge in [0.15, 0.2) is 0 Å². The highest BCUT2D eigenvalue weighted by atomic mass is 19.4. The van der Waals surface area contributed by atoms with Crippen LogP contribution in [0.1, 0.15) is 0 Å². The largest absolute Gasteiger partial charge is 0.471 e. The van der Waals surface area contributed by atoms with Crippen LogP contribution < -0.4 is 5.32 Å². The van der Waals surface area contributed by atoms with Gasteiger partial charge in [0.05, 0.1) is 5.69 Å². The zero-order valence-corrected chi connectivity index (χ0v) is 7.93. The highest BCUT2D eigenvalue weighted by molar-refractivity contribution is 6.03. The van der Waals surface area contributed by atoms with Crippen LogP contribution in [0.25, 0.3) is 10.9 Å². The molecule has 0 aliphatic rings. The molecule has 0 aliphatic heterocycles. The highest BCUT2D eigenvalue weighted by Gasteiger charge is 2.38. The maximum absolute atomic E-state index is 12.0. The summed E-state index contributed by atoms with van der Waals surface area (Å²) in [5.74, 6) is -1.97. The van der Waals surface area contributed by atoms with Crippen LogP contribution in [0, 0.1) is 0 Å². The van der Waals surface area contributed by atoms with Gasteiger partial charge in [-0.05, 0) is 18.2 Å². The van der Waals surface area contributed by atoms with E-state index in [1.54, 1.807) is 24.4 Å². The van der Waals surface area contributed by atoms with Crippen LogP contribution in [0.5, 0.6) is 0 Å². The molecule has 1 heterocycles. The number of amides is 1. The lowest BCUT2D eigenvalue weighted by molar-refractivity contribution is -0.167.